The number of nitrogens with zero attached hydrogens (tertiary/aromatic N) is 1. The molecule has 138 valence electrons. The Morgan fingerprint density at radius 3 is 2.36 bits per heavy atom. The Kier molecular flexibility index (Phi) is 8.37. The summed E-state index contributed by atoms with van der Waals surface area (Å²) in [5, 5.41) is 12.0. The second kappa shape index (κ2) is 10.3. The number of carbonyl (C=O) groups excluding carboxylic acids is 3. The maximum Gasteiger partial charge on any atom is 0.426 e. The SMILES string of the molecule is CC(=O)NC(Cc1ccccc1)C(=O)NNC(=O)OCC(O)N(C)C. The van der Waals surface area contributed by atoms with Crippen LogP contribution in [0.4, 0.5) is 4.79 Å². The monoisotopic (exact) mass is 352 g/mol. The van der Waals surface area contributed by atoms with Crippen LogP contribution in [-0.2, 0) is 20.7 Å². The van der Waals surface area contributed by atoms with Gasteiger partial charge in [0.25, 0.3) is 5.91 Å². The Morgan fingerprint density at radius 2 is 1.80 bits per heavy atom. The first kappa shape index (κ1) is 20.4. The molecule has 2 atom stereocenters. The number of aliphatic hydroxyl groups excluding tert-OH is 1. The predicted molar refractivity (Wildman–Crippen MR) is 90.1 cm³/mol. The standard InChI is InChI=1S/C16H24N4O5/c1-11(21)17-13(9-12-7-5-4-6-8-12)15(23)18-19-16(24)25-10-14(22)20(2)3/h4-8,13-14,22H,9-10H2,1-3H3,(H,17,21)(H,18,23)(H,19,24). The van der Waals surface area contributed by atoms with Gasteiger partial charge in [-0.05, 0) is 19.7 Å². The van der Waals surface area contributed by atoms with E-state index in [-0.39, 0.29) is 18.9 Å². The van der Waals surface area contributed by atoms with Crippen molar-refractivity contribution in [3.05, 3.63) is 35.9 Å². The van der Waals surface area contributed by atoms with Crippen molar-refractivity contribution in [2.45, 2.75) is 25.6 Å². The minimum absolute atomic E-state index is 0.256. The second-order valence-electron chi connectivity index (χ2n) is 5.60. The average Bonchev–Trinajstić information content (AvgIpc) is 2.57. The fourth-order valence-corrected chi connectivity index (χ4v) is 1.84. The molecule has 0 radical (unpaired) electrons. The summed E-state index contributed by atoms with van der Waals surface area (Å²) in [6.07, 6.45) is -1.61. The van der Waals surface area contributed by atoms with Crippen LogP contribution in [0.25, 0.3) is 0 Å². The zero-order chi connectivity index (χ0) is 18.8. The maximum absolute atomic E-state index is 12.2. The summed E-state index contributed by atoms with van der Waals surface area (Å²) in [6.45, 7) is 1.05. The highest BCUT2D eigenvalue weighted by molar-refractivity contribution is 5.88. The molecule has 0 spiro atoms. The van der Waals surface area contributed by atoms with E-state index in [1.165, 1.54) is 11.8 Å². The molecule has 0 heterocycles. The van der Waals surface area contributed by atoms with Gasteiger partial charge in [0.2, 0.25) is 5.91 Å². The van der Waals surface area contributed by atoms with Gasteiger partial charge in [0, 0.05) is 13.3 Å². The summed E-state index contributed by atoms with van der Waals surface area (Å²) >= 11 is 0. The third-order valence-electron chi connectivity index (χ3n) is 3.22. The molecular formula is C16H24N4O5. The lowest BCUT2D eigenvalue weighted by atomic mass is 10.1. The van der Waals surface area contributed by atoms with Crippen LogP contribution >= 0.6 is 0 Å². The van der Waals surface area contributed by atoms with E-state index < -0.39 is 24.3 Å². The topological polar surface area (TPSA) is 120 Å². The van der Waals surface area contributed by atoms with Crippen LogP contribution in [0.2, 0.25) is 0 Å². The maximum atomic E-state index is 12.2. The van der Waals surface area contributed by atoms with E-state index in [9.17, 15) is 19.5 Å². The predicted octanol–water partition coefficient (Wildman–Crippen LogP) is -0.629. The lowest BCUT2D eigenvalue weighted by Gasteiger charge is -2.19. The van der Waals surface area contributed by atoms with E-state index in [2.05, 4.69) is 16.2 Å². The molecule has 0 saturated heterocycles. The van der Waals surface area contributed by atoms with E-state index in [0.717, 1.165) is 5.56 Å². The number of nitrogens with one attached hydrogen (secondary N) is 3. The van der Waals surface area contributed by atoms with Crippen molar-refractivity contribution in [3.8, 4) is 0 Å². The fraction of sp³-hybridized carbons (Fsp3) is 0.438. The van der Waals surface area contributed by atoms with E-state index in [1.807, 2.05) is 30.3 Å². The number of aliphatic hydroxyl groups is 1. The lowest BCUT2D eigenvalue weighted by Crippen LogP contribution is -2.53. The van der Waals surface area contributed by atoms with E-state index in [4.69, 9.17) is 4.74 Å². The number of carbonyl (C=O) groups is 3. The molecule has 1 aromatic carbocycles. The van der Waals surface area contributed by atoms with Crippen molar-refractivity contribution < 1.29 is 24.2 Å². The molecule has 2 unspecified atom stereocenters. The van der Waals surface area contributed by atoms with E-state index in [0.29, 0.717) is 0 Å². The summed E-state index contributed by atoms with van der Waals surface area (Å²) in [4.78, 5) is 36.4. The van der Waals surface area contributed by atoms with Crippen molar-refractivity contribution in [1.82, 2.24) is 21.1 Å². The highest BCUT2D eigenvalue weighted by Crippen LogP contribution is 2.03. The third kappa shape index (κ3) is 8.13. The van der Waals surface area contributed by atoms with Crippen LogP contribution in [0.1, 0.15) is 12.5 Å². The van der Waals surface area contributed by atoms with Crippen molar-refractivity contribution in [2.24, 2.45) is 0 Å². The highest BCUT2D eigenvalue weighted by atomic mass is 16.6. The minimum Gasteiger partial charge on any atom is -0.444 e. The molecule has 9 heteroatoms. The van der Waals surface area contributed by atoms with Crippen LogP contribution in [-0.4, -0.2) is 60.9 Å². The molecule has 0 aromatic heterocycles. The summed E-state index contributed by atoms with van der Waals surface area (Å²) in [5.74, 6) is -0.961. The Bertz CT molecular complexity index is 579. The molecule has 1 rings (SSSR count). The largest absolute Gasteiger partial charge is 0.444 e. The first-order chi connectivity index (χ1) is 11.8. The van der Waals surface area contributed by atoms with Crippen molar-refractivity contribution in [2.75, 3.05) is 20.7 Å². The van der Waals surface area contributed by atoms with Gasteiger partial charge in [-0.25, -0.2) is 10.2 Å². The molecule has 3 amide bonds. The molecule has 1 aromatic rings. The molecule has 0 saturated carbocycles. The van der Waals surface area contributed by atoms with Crippen LogP contribution < -0.4 is 16.2 Å². The van der Waals surface area contributed by atoms with Gasteiger partial charge in [0.05, 0.1) is 0 Å². The van der Waals surface area contributed by atoms with Gasteiger partial charge < -0.3 is 15.2 Å². The van der Waals surface area contributed by atoms with Gasteiger partial charge in [0.15, 0.2) is 0 Å². The van der Waals surface area contributed by atoms with E-state index >= 15 is 0 Å². The number of likely N-dealkylation sites (N-methyl/N-ethyl adjacent to an activating group) is 1. The van der Waals surface area contributed by atoms with Crippen molar-refractivity contribution >= 4 is 17.9 Å². The Morgan fingerprint density at radius 1 is 1.16 bits per heavy atom. The smallest absolute Gasteiger partial charge is 0.426 e. The number of hydrazine groups is 1. The normalized spacial score (nSPS) is 12.8. The Hall–Kier alpha value is -2.65. The van der Waals surface area contributed by atoms with Crippen molar-refractivity contribution in [3.63, 3.8) is 0 Å². The molecule has 9 nitrogen and oxygen atoms in total. The van der Waals surface area contributed by atoms with Gasteiger partial charge in [-0.1, -0.05) is 30.3 Å². The first-order valence-electron chi connectivity index (χ1n) is 7.67. The number of hydrogen-bond donors (Lipinski definition) is 4. The summed E-state index contributed by atoms with van der Waals surface area (Å²) in [6, 6.07) is 8.29. The molecule has 0 fully saturated rings. The van der Waals surface area contributed by atoms with Crippen LogP contribution in [0.5, 0.6) is 0 Å². The second-order valence-corrected chi connectivity index (χ2v) is 5.60. The summed E-state index contributed by atoms with van der Waals surface area (Å²) in [5.41, 5.74) is 5.12. The lowest BCUT2D eigenvalue weighted by molar-refractivity contribution is -0.128. The number of amides is 3. The van der Waals surface area contributed by atoms with Crippen LogP contribution in [0.3, 0.4) is 0 Å². The van der Waals surface area contributed by atoms with Crippen LogP contribution in [0.15, 0.2) is 30.3 Å². The van der Waals surface area contributed by atoms with Gasteiger partial charge in [0.1, 0.15) is 18.9 Å². The molecular weight excluding hydrogens is 328 g/mol. The number of hydrogen-bond acceptors (Lipinski definition) is 6. The minimum atomic E-state index is -0.952. The van der Waals surface area contributed by atoms with Gasteiger partial charge in [-0.2, -0.15) is 0 Å². The zero-order valence-corrected chi connectivity index (χ0v) is 14.5. The molecule has 0 aliphatic rings. The molecule has 0 bridgehead atoms. The van der Waals surface area contributed by atoms with Crippen molar-refractivity contribution in [1.29, 1.82) is 0 Å². The van der Waals surface area contributed by atoms with Gasteiger partial charge in [-0.15, -0.1) is 0 Å². The first-order valence-corrected chi connectivity index (χ1v) is 7.67. The Labute approximate surface area is 146 Å². The molecule has 0 aliphatic heterocycles. The molecule has 25 heavy (non-hydrogen) atoms. The third-order valence-corrected chi connectivity index (χ3v) is 3.22. The molecule has 0 aliphatic carbocycles. The molecule has 4 N–H and O–H groups in total. The van der Waals surface area contributed by atoms with Gasteiger partial charge >= 0.3 is 6.09 Å². The summed E-state index contributed by atoms with van der Waals surface area (Å²) < 4.78 is 4.75. The van der Waals surface area contributed by atoms with Gasteiger partial charge in [-0.3, -0.25) is 19.9 Å². The number of ether oxygens (including phenoxy) is 1. The summed E-state index contributed by atoms with van der Waals surface area (Å²) in [7, 11) is 3.24. The fourth-order valence-electron chi connectivity index (χ4n) is 1.84. The quantitative estimate of drug-likeness (QED) is 0.383. The zero-order valence-electron chi connectivity index (χ0n) is 14.5. The highest BCUT2D eigenvalue weighted by Gasteiger charge is 2.21. The number of benzene rings is 1. The number of rotatable bonds is 7. The van der Waals surface area contributed by atoms with Crippen LogP contribution in [0, 0.1) is 0 Å². The average molecular weight is 352 g/mol. The van der Waals surface area contributed by atoms with E-state index in [1.54, 1.807) is 14.1 Å². The Balaban J connectivity index is 2.51.